The predicted molar refractivity (Wildman–Crippen MR) is 102 cm³/mol. The minimum Gasteiger partial charge on any atom is -0.497 e. The number of methoxy groups -OCH3 is 1. The van der Waals surface area contributed by atoms with Gasteiger partial charge in [0.1, 0.15) is 5.75 Å². The van der Waals surface area contributed by atoms with E-state index in [2.05, 4.69) is 20.7 Å². The molecule has 2 aromatic rings. The van der Waals surface area contributed by atoms with Crippen molar-refractivity contribution in [2.75, 3.05) is 13.7 Å². The Kier molecular flexibility index (Phi) is 6.93. The van der Waals surface area contributed by atoms with Crippen molar-refractivity contribution in [2.45, 2.75) is 40.0 Å². The molecule has 1 heterocycles. The molecular formula is C19H26F3N5O. The number of alkyl halides is 3. The van der Waals surface area contributed by atoms with Gasteiger partial charge >= 0.3 is 6.18 Å². The molecule has 0 saturated heterocycles. The van der Waals surface area contributed by atoms with Crippen molar-refractivity contribution < 1.29 is 17.9 Å². The minimum absolute atomic E-state index is 0.0826. The zero-order chi connectivity index (χ0) is 20.9. The molecule has 0 aliphatic carbocycles. The lowest BCUT2D eigenvalue weighted by Crippen LogP contribution is -2.37. The van der Waals surface area contributed by atoms with Crippen LogP contribution in [-0.4, -0.2) is 29.4 Å². The number of aryl methyl sites for hydroxylation is 2. The summed E-state index contributed by atoms with van der Waals surface area (Å²) < 4.78 is 46.8. The van der Waals surface area contributed by atoms with E-state index in [9.17, 15) is 13.2 Å². The molecule has 0 amide bonds. The van der Waals surface area contributed by atoms with Gasteiger partial charge in [-0.2, -0.15) is 18.3 Å². The van der Waals surface area contributed by atoms with Crippen LogP contribution in [0.15, 0.2) is 23.2 Å². The van der Waals surface area contributed by atoms with Gasteiger partial charge in [-0.3, -0.25) is 4.68 Å². The average Bonchev–Trinajstić information content (AvgIpc) is 2.88. The van der Waals surface area contributed by atoms with Crippen molar-refractivity contribution in [3.8, 4) is 5.75 Å². The van der Waals surface area contributed by atoms with E-state index < -0.39 is 11.7 Å². The first-order chi connectivity index (χ1) is 13.2. The van der Waals surface area contributed by atoms with E-state index in [4.69, 9.17) is 4.74 Å². The topological polar surface area (TPSA) is 63.5 Å². The van der Waals surface area contributed by atoms with Gasteiger partial charge in [0.15, 0.2) is 5.96 Å². The molecule has 6 nitrogen and oxygen atoms in total. The number of hydrogen-bond donors (Lipinski definition) is 2. The summed E-state index contributed by atoms with van der Waals surface area (Å²) in [6.45, 7) is 6.73. The average molecular weight is 397 g/mol. The van der Waals surface area contributed by atoms with Crippen molar-refractivity contribution in [3.63, 3.8) is 0 Å². The number of benzene rings is 1. The smallest absolute Gasteiger partial charge is 0.416 e. The van der Waals surface area contributed by atoms with Crippen molar-refractivity contribution >= 4 is 5.96 Å². The number of nitrogens with one attached hydrogen (secondary N) is 2. The molecular weight excluding hydrogens is 371 g/mol. The normalized spacial score (nSPS) is 12.2. The number of guanidine groups is 1. The number of aromatic nitrogens is 2. The van der Waals surface area contributed by atoms with Gasteiger partial charge in [0.2, 0.25) is 0 Å². The number of halogens is 3. The molecule has 9 heteroatoms. The lowest BCUT2D eigenvalue weighted by Gasteiger charge is -2.15. The third kappa shape index (κ3) is 5.17. The molecule has 0 aliphatic heterocycles. The van der Waals surface area contributed by atoms with Gasteiger partial charge < -0.3 is 15.4 Å². The number of nitrogens with zero attached hydrogens (tertiary/aromatic N) is 3. The maximum absolute atomic E-state index is 13.4. The van der Waals surface area contributed by atoms with E-state index in [1.165, 1.54) is 19.2 Å². The summed E-state index contributed by atoms with van der Waals surface area (Å²) in [5.74, 6) is 0.599. The molecule has 154 valence electrons. The quantitative estimate of drug-likeness (QED) is 0.580. The molecule has 0 aliphatic rings. The van der Waals surface area contributed by atoms with Crippen LogP contribution in [0.3, 0.4) is 0 Å². The van der Waals surface area contributed by atoms with Gasteiger partial charge in [-0.25, -0.2) is 4.99 Å². The van der Waals surface area contributed by atoms with E-state index in [1.54, 1.807) is 4.68 Å². The largest absolute Gasteiger partial charge is 0.497 e. The van der Waals surface area contributed by atoms with Crippen LogP contribution in [0.25, 0.3) is 0 Å². The number of hydrogen-bond acceptors (Lipinski definition) is 3. The van der Waals surface area contributed by atoms with Gasteiger partial charge in [-0.05, 0) is 38.5 Å². The minimum atomic E-state index is -4.48. The molecule has 0 atom stereocenters. The zero-order valence-electron chi connectivity index (χ0n) is 16.7. The summed E-state index contributed by atoms with van der Waals surface area (Å²) in [5.41, 5.74) is 2.30. The van der Waals surface area contributed by atoms with Crippen molar-refractivity contribution in [1.82, 2.24) is 20.4 Å². The fourth-order valence-corrected chi connectivity index (χ4v) is 2.84. The number of rotatable bonds is 6. The fraction of sp³-hybridized carbons (Fsp3) is 0.474. The van der Waals surface area contributed by atoms with Crippen LogP contribution in [0, 0.1) is 13.8 Å². The second-order valence-electron chi connectivity index (χ2n) is 6.34. The Labute approximate surface area is 162 Å². The Morgan fingerprint density at radius 3 is 2.50 bits per heavy atom. The Balaban J connectivity index is 2.21. The Morgan fingerprint density at radius 1 is 1.25 bits per heavy atom. The molecule has 0 fully saturated rings. The summed E-state index contributed by atoms with van der Waals surface area (Å²) >= 11 is 0. The van der Waals surface area contributed by atoms with Crippen LogP contribution in [0.1, 0.15) is 35.0 Å². The van der Waals surface area contributed by atoms with Crippen LogP contribution in [-0.2, 0) is 26.3 Å². The van der Waals surface area contributed by atoms with Crippen LogP contribution < -0.4 is 15.4 Å². The van der Waals surface area contributed by atoms with Crippen molar-refractivity contribution in [3.05, 3.63) is 46.3 Å². The summed E-state index contributed by atoms with van der Waals surface area (Å²) in [6, 6.07) is 3.89. The highest BCUT2D eigenvalue weighted by molar-refractivity contribution is 5.79. The molecule has 0 unspecified atom stereocenters. The highest BCUT2D eigenvalue weighted by Gasteiger charge is 2.33. The predicted octanol–water partition coefficient (Wildman–Crippen LogP) is 3.32. The van der Waals surface area contributed by atoms with E-state index in [-0.39, 0.29) is 17.9 Å². The zero-order valence-corrected chi connectivity index (χ0v) is 16.7. The second kappa shape index (κ2) is 8.99. The second-order valence-corrected chi connectivity index (χ2v) is 6.34. The molecule has 0 bridgehead atoms. The highest BCUT2D eigenvalue weighted by Crippen LogP contribution is 2.34. The van der Waals surface area contributed by atoms with Gasteiger partial charge in [0.25, 0.3) is 0 Å². The van der Waals surface area contributed by atoms with E-state index in [0.717, 1.165) is 23.0 Å². The Bertz CT molecular complexity index is 843. The molecule has 2 rings (SSSR count). The van der Waals surface area contributed by atoms with Crippen LogP contribution in [0.5, 0.6) is 5.75 Å². The lowest BCUT2D eigenvalue weighted by atomic mass is 10.1. The van der Waals surface area contributed by atoms with E-state index in [0.29, 0.717) is 19.0 Å². The summed E-state index contributed by atoms with van der Waals surface area (Å²) in [6.07, 6.45) is -4.48. The summed E-state index contributed by atoms with van der Waals surface area (Å²) in [4.78, 5) is 4.32. The molecule has 28 heavy (non-hydrogen) atoms. The highest BCUT2D eigenvalue weighted by atomic mass is 19.4. The first-order valence-corrected chi connectivity index (χ1v) is 8.92. The first-order valence-electron chi connectivity index (χ1n) is 8.92. The maximum Gasteiger partial charge on any atom is 0.416 e. The van der Waals surface area contributed by atoms with Gasteiger partial charge in [-0.1, -0.05) is 6.07 Å². The Morgan fingerprint density at radius 2 is 1.96 bits per heavy atom. The summed E-state index contributed by atoms with van der Waals surface area (Å²) in [7, 11) is 3.20. The fourth-order valence-electron chi connectivity index (χ4n) is 2.84. The van der Waals surface area contributed by atoms with Crippen LogP contribution in [0.2, 0.25) is 0 Å². The third-order valence-electron chi connectivity index (χ3n) is 4.47. The monoisotopic (exact) mass is 397 g/mol. The van der Waals surface area contributed by atoms with Gasteiger partial charge in [0, 0.05) is 31.4 Å². The molecule has 0 spiro atoms. The third-order valence-corrected chi connectivity index (χ3v) is 4.47. The van der Waals surface area contributed by atoms with E-state index in [1.807, 2.05) is 27.8 Å². The number of ether oxygens (including phenoxy) is 1. The van der Waals surface area contributed by atoms with Crippen LogP contribution >= 0.6 is 0 Å². The molecule has 1 aromatic heterocycles. The van der Waals surface area contributed by atoms with Crippen LogP contribution in [0.4, 0.5) is 13.2 Å². The van der Waals surface area contributed by atoms with E-state index >= 15 is 0 Å². The molecule has 1 aromatic carbocycles. The first kappa shape index (κ1) is 21.6. The molecule has 0 radical (unpaired) electrons. The molecule has 0 saturated carbocycles. The van der Waals surface area contributed by atoms with Gasteiger partial charge in [0.05, 0.1) is 24.9 Å². The number of aliphatic imine (C=N–C) groups is 1. The lowest BCUT2D eigenvalue weighted by molar-refractivity contribution is -0.138. The van der Waals surface area contributed by atoms with Gasteiger partial charge in [-0.15, -0.1) is 0 Å². The summed E-state index contributed by atoms with van der Waals surface area (Å²) in [5, 5.41) is 10.6. The standard InChI is InChI=1S/C19H26F3N5O/c1-6-23-18(25-11-16-12(2)26-27(4)13(16)3)24-10-14-7-8-15(28-5)9-17(14)19(20,21)22/h7-9H,6,10-11H2,1-5H3,(H2,23,24,25). The Hall–Kier alpha value is -2.71. The molecule has 2 N–H and O–H groups in total. The van der Waals surface area contributed by atoms with Crippen molar-refractivity contribution in [2.24, 2.45) is 12.0 Å². The SMILES string of the molecule is CCNC(=NCc1ccc(OC)cc1C(F)(F)F)NCc1c(C)nn(C)c1C. The maximum atomic E-state index is 13.4. The van der Waals surface area contributed by atoms with Crippen molar-refractivity contribution in [1.29, 1.82) is 0 Å².